The second-order valence-electron chi connectivity index (χ2n) is 10.3. The molecule has 2 saturated carbocycles. The summed E-state index contributed by atoms with van der Waals surface area (Å²) in [7, 11) is 0. The van der Waals surface area contributed by atoms with Crippen LogP contribution in [0, 0.1) is 35.4 Å². The summed E-state index contributed by atoms with van der Waals surface area (Å²) in [5.74, 6) is 0.629. The molecular formula is C29H33FN2O4. The van der Waals surface area contributed by atoms with Gasteiger partial charge in [0.1, 0.15) is 11.9 Å². The normalized spacial score (nSPS) is 31.4. The molecule has 2 heterocycles. The van der Waals surface area contributed by atoms with Crippen LogP contribution in [0.5, 0.6) is 0 Å². The fourth-order valence-corrected chi connectivity index (χ4v) is 6.64. The van der Waals surface area contributed by atoms with E-state index in [0.29, 0.717) is 18.4 Å². The van der Waals surface area contributed by atoms with E-state index in [4.69, 9.17) is 9.47 Å². The summed E-state index contributed by atoms with van der Waals surface area (Å²) in [6.07, 6.45) is 9.07. The average molecular weight is 493 g/mol. The van der Waals surface area contributed by atoms with Gasteiger partial charge in [-0.05, 0) is 87.1 Å². The van der Waals surface area contributed by atoms with E-state index in [1.54, 1.807) is 19.2 Å². The number of pyridine rings is 1. The number of benzene rings is 1. The Morgan fingerprint density at radius 1 is 1.22 bits per heavy atom. The molecule has 1 amide bonds. The number of rotatable bonds is 5. The third kappa shape index (κ3) is 5.01. The van der Waals surface area contributed by atoms with Gasteiger partial charge < -0.3 is 14.8 Å². The van der Waals surface area contributed by atoms with Gasteiger partial charge in [0.2, 0.25) is 0 Å². The lowest BCUT2D eigenvalue weighted by molar-refractivity contribution is -0.144. The maximum absolute atomic E-state index is 13.6. The van der Waals surface area contributed by atoms with Gasteiger partial charge in [-0.25, -0.2) is 9.18 Å². The Morgan fingerprint density at radius 3 is 2.83 bits per heavy atom. The first-order valence-corrected chi connectivity index (χ1v) is 13.0. The van der Waals surface area contributed by atoms with Crippen molar-refractivity contribution in [3.05, 3.63) is 60.2 Å². The SMILES string of the molecule is CCOC(=O)N[C@H]1CC[C@H]2[C@H](C1)C[C@H]1C(=O)O[C@H](C)[C@H]1[C@@H]2/C=C/c1ccc(-c2cccc(F)c2)cn1. The number of halogens is 1. The number of fused-ring (bicyclic) bond motifs is 2. The first kappa shape index (κ1) is 24.5. The number of amides is 1. The summed E-state index contributed by atoms with van der Waals surface area (Å²) in [5.41, 5.74) is 2.48. The highest BCUT2D eigenvalue weighted by Gasteiger charge is 2.54. The van der Waals surface area contributed by atoms with Crippen molar-refractivity contribution in [3.8, 4) is 11.1 Å². The number of ether oxygens (including phenoxy) is 2. The minimum absolute atomic E-state index is 0.0679. The summed E-state index contributed by atoms with van der Waals surface area (Å²) in [6, 6.07) is 10.4. The van der Waals surface area contributed by atoms with E-state index in [2.05, 4.69) is 16.4 Å². The molecule has 7 atom stereocenters. The smallest absolute Gasteiger partial charge is 0.407 e. The van der Waals surface area contributed by atoms with Gasteiger partial charge in [-0.15, -0.1) is 0 Å². The second kappa shape index (κ2) is 10.4. The van der Waals surface area contributed by atoms with Gasteiger partial charge in [0.15, 0.2) is 0 Å². The molecule has 0 bridgehead atoms. The van der Waals surface area contributed by atoms with E-state index in [0.717, 1.165) is 42.5 Å². The number of nitrogens with one attached hydrogen (secondary N) is 1. The quantitative estimate of drug-likeness (QED) is 0.548. The van der Waals surface area contributed by atoms with Crippen LogP contribution in [0.4, 0.5) is 9.18 Å². The van der Waals surface area contributed by atoms with Gasteiger partial charge in [-0.2, -0.15) is 0 Å². The van der Waals surface area contributed by atoms with Gasteiger partial charge in [-0.1, -0.05) is 24.3 Å². The Bertz CT molecular complexity index is 1130. The van der Waals surface area contributed by atoms with Gasteiger partial charge in [0.05, 0.1) is 18.2 Å². The minimum Gasteiger partial charge on any atom is -0.462 e. The molecule has 2 aromatic rings. The third-order valence-electron chi connectivity index (χ3n) is 8.18. The Morgan fingerprint density at radius 2 is 2.08 bits per heavy atom. The van der Waals surface area contributed by atoms with Gasteiger partial charge in [0.25, 0.3) is 0 Å². The molecule has 6 nitrogen and oxygen atoms in total. The van der Waals surface area contributed by atoms with Crippen LogP contribution in [-0.2, 0) is 14.3 Å². The maximum Gasteiger partial charge on any atom is 0.407 e. The van der Waals surface area contributed by atoms with Crippen molar-refractivity contribution < 1.29 is 23.5 Å². The van der Waals surface area contributed by atoms with Crippen molar-refractivity contribution in [2.24, 2.45) is 29.6 Å². The molecule has 5 rings (SSSR count). The summed E-state index contributed by atoms with van der Waals surface area (Å²) in [5, 5.41) is 3.00. The standard InChI is InChI=1S/C29H33FN2O4/c1-3-35-29(34)32-23-10-11-24-20(14-23)15-26-27(17(2)36-28(26)33)25(24)12-9-22-8-7-19(16-31-22)18-5-4-6-21(30)13-18/h4-9,12-13,16-17,20,23-27H,3,10-11,14-15H2,1-2H3,(H,32,34)/b12-9+/t17-,20-,23+,24+,25-,26-,27+/m1/s1. The van der Waals surface area contributed by atoms with E-state index < -0.39 is 0 Å². The first-order chi connectivity index (χ1) is 17.4. The van der Waals surface area contributed by atoms with Crippen molar-refractivity contribution in [2.75, 3.05) is 6.61 Å². The van der Waals surface area contributed by atoms with Crippen LogP contribution in [0.2, 0.25) is 0 Å². The van der Waals surface area contributed by atoms with Crippen LogP contribution in [0.15, 0.2) is 48.7 Å². The number of alkyl carbamates (subject to hydrolysis) is 1. The largest absolute Gasteiger partial charge is 0.462 e. The number of allylic oxidation sites excluding steroid dienone is 1. The van der Waals surface area contributed by atoms with E-state index in [9.17, 15) is 14.0 Å². The molecule has 0 radical (unpaired) electrons. The van der Waals surface area contributed by atoms with Crippen molar-refractivity contribution in [3.63, 3.8) is 0 Å². The van der Waals surface area contributed by atoms with Crippen LogP contribution in [0.1, 0.15) is 45.2 Å². The molecule has 7 heteroatoms. The molecule has 1 aromatic heterocycles. The lowest BCUT2D eigenvalue weighted by Crippen LogP contribution is -2.48. The zero-order valence-electron chi connectivity index (χ0n) is 20.7. The molecule has 3 aliphatic rings. The Labute approximate surface area is 211 Å². The minimum atomic E-state index is -0.368. The van der Waals surface area contributed by atoms with Crippen LogP contribution in [0.25, 0.3) is 17.2 Å². The summed E-state index contributed by atoms with van der Waals surface area (Å²) >= 11 is 0. The lowest BCUT2D eigenvalue weighted by Gasteiger charge is -2.47. The van der Waals surface area contributed by atoms with Crippen LogP contribution in [-0.4, -0.2) is 35.8 Å². The maximum atomic E-state index is 13.6. The summed E-state index contributed by atoms with van der Waals surface area (Å²) < 4.78 is 24.3. The van der Waals surface area contributed by atoms with Gasteiger partial charge in [-0.3, -0.25) is 9.78 Å². The molecular weight excluding hydrogens is 459 g/mol. The number of carbonyl (C=O) groups excluding carboxylic acids is 2. The van der Waals surface area contributed by atoms with E-state index in [1.165, 1.54) is 12.1 Å². The third-order valence-corrected chi connectivity index (χ3v) is 8.18. The van der Waals surface area contributed by atoms with Crippen molar-refractivity contribution in [2.45, 2.75) is 51.7 Å². The zero-order valence-corrected chi connectivity index (χ0v) is 20.7. The Balaban J connectivity index is 1.34. The second-order valence-corrected chi connectivity index (χ2v) is 10.3. The molecule has 1 aromatic carbocycles. The molecule has 3 fully saturated rings. The van der Waals surface area contributed by atoms with Crippen molar-refractivity contribution >= 4 is 18.1 Å². The predicted molar refractivity (Wildman–Crippen MR) is 134 cm³/mol. The van der Waals surface area contributed by atoms with Crippen LogP contribution in [0.3, 0.4) is 0 Å². The summed E-state index contributed by atoms with van der Waals surface area (Å²) in [6.45, 7) is 4.15. The zero-order chi connectivity index (χ0) is 25.2. The topological polar surface area (TPSA) is 77.5 Å². The predicted octanol–water partition coefficient (Wildman–Crippen LogP) is 5.63. The summed E-state index contributed by atoms with van der Waals surface area (Å²) in [4.78, 5) is 29.2. The number of esters is 1. The van der Waals surface area contributed by atoms with E-state index >= 15 is 0 Å². The molecule has 36 heavy (non-hydrogen) atoms. The highest BCUT2D eigenvalue weighted by atomic mass is 19.1. The number of hydrogen-bond acceptors (Lipinski definition) is 5. The average Bonchev–Trinajstić information content (AvgIpc) is 3.15. The van der Waals surface area contributed by atoms with Crippen LogP contribution >= 0.6 is 0 Å². The molecule has 1 saturated heterocycles. The number of cyclic esters (lactones) is 1. The molecule has 1 N–H and O–H groups in total. The van der Waals surface area contributed by atoms with Gasteiger partial charge >= 0.3 is 12.1 Å². The molecule has 0 unspecified atom stereocenters. The molecule has 190 valence electrons. The highest BCUT2D eigenvalue weighted by molar-refractivity contribution is 5.75. The molecule has 1 aliphatic heterocycles. The Hall–Kier alpha value is -3.22. The first-order valence-electron chi connectivity index (χ1n) is 13.0. The van der Waals surface area contributed by atoms with Crippen molar-refractivity contribution in [1.82, 2.24) is 10.3 Å². The number of nitrogens with zero attached hydrogens (tertiary/aromatic N) is 1. The Kier molecular flexibility index (Phi) is 7.08. The monoisotopic (exact) mass is 492 g/mol. The lowest BCUT2D eigenvalue weighted by atomic mass is 9.57. The van der Waals surface area contributed by atoms with Crippen LogP contribution < -0.4 is 5.32 Å². The number of aromatic nitrogens is 1. The number of carbonyl (C=O) groups is 2. The highest BCUT2D eigenvalue weighted by Crippen LogP contribution is 2.53. The molecule has 2 aliphatic carbocycles. The molecule has 0 spiro atoms. The van der Waals surface area contributed by atoms with E-state index in [1.807, 2.05) is 31.2 Å². The number of hydrogen-bond donors (Lipinski definition) is 1. The fourth-order valence-electron chi connectivity index (χ4n) is 6.64. The van der Waals surface area contributed by atoms with Gasteiger partial charge in [0, 0.05) is 23.7 Å². The van der Waals surface area contributed by atoms with Crippen molar-refractivity contribution in [1.29, 1.82) is 0 Å². The fraction of sp³-hybridized carbons (Fsp3) is 0.483. The van der Waals surface area contributed by atoms with E-state index in [-0.39, 0.29) is 47.8 Å².